The summed E-state index contributed by atoms with van der Waals surface area (Å²) >= 11 is 0. The molecule has 1 heterocycles. The number of rotatable bonds is 4. The van der Waals surface area contributed by atoms with Crippen molar-refractivity contribution in [1.82, 2.24) is 0 Å². The smallest absolute Gasteiger partial charge is 0.362 e. The van der Waals surface area contributed by atoms with Gasteiger partial charge < -0.3 is 9.47 Å². The number of hydrogen-bond donors (Lipinski definition) is 0. The van der Waals surface area contributed by atoms with Gasteiger partial charge in [-0.15, -0.1) is 0 Å². The van der Waals surface area contributed by atoms with Crippen LogP contribution in [-0.2, 0) is 10.2 Å². The largest absolute Gasteiger partial charge is 0.454 e. The fourth-order valence-electron chi connectivity index (χ4n) is 1.81. The molecule has 0 radical (unpaired) electrons. The molecular weight excluding hydrogens is 304 g/mol. The summed E-state index contributed by atoms with van der Waals surface area (Å²) in [5, 5.41) is 0. The van der Waals surface area contributed by atoms with Gasteiger partial charge in [0.1, 0.15) is 0 Å². The Kier molecular flexibility index (Phi) is 3.88. The second-order valence-electron chi connectivity index (χ2n) is 4.44. The van der Waals surface area contributed by atoms with E-state index in [1.165, 1.54) is 12.4 Å². The molecule has 6 nitrogen and oxygen atoms in total. The van der Waals surface area contributed by atoms with Crippen LogP contribution in [0, 0.1) is 0 Å². The quantitative estimate of drug-likeness (QED) is 0.810. The Morgan fingerprint density at radius 1 is 0.864 bits per heavy atom. The van der Waals surface area contributed by atoms with Crippen molar-refractivity contribution in [3.8, 4) is 11.5 Å². The molecule has 3 rings (SSSR count). The van der Waals surface area contributed by atoms with Gasteiger partial charge >= 0.3 is 10.2 Å². The van der Waals surface area contributed by atoms with Crippen molar-refractivity contribution in [1.29, 1.82) is 0 Å². The topological polar surface area (TPSA) is 77.3 Å². The molecule has 22 heavy (non-hydrogen) atoms. The minimum absolute atomic E-state index is 0.162. The molecule has 0 N–H and O–H groups in total. The van der Waals surface area contributed by atoms with E-state index in [0.717, 1.165) is 0 Å². The average Bonchev–Trinajstić information content (AvgIpc) is 3.00. The molecule has 1 aliphatic rings. The molecule has 0 amide bonds. The van der Waals surface area contributed by atoms with Gasteiger partial charge in [-0.1, -0.05) is 30.3 Å². The molecule has 0 saturated heterocycles. The lowest BCUT2D eigenvalue weighted by molar-refractivity contribution is 0.174. The van der Waals surface area contributed by atoms with Crippen LogP contribution in [0.1, 0.15) is 11.1 Å². The first-order chi connectivity index (χ1) is 10.6. The molecule has 0 bridgehead atoms. The first kappa shape index (κ1) is 14.3. The van der Waals surface area contributed by atoms with Gasteiger partial charge in [0.25, 0.3) is 0 Å². The average molecular weight is 316 g/mol. The van der Waals surface area contributed by atoms with Crippen LogP contribution in [0.4, 0.5) is 0 Å². The van der Waals surface area contributed by atoms with Gasteiger partial charge in [-0.25, -0.2) is 0 Å². The highest BCUT2D eigenvalue weighted by Gasteiger charge is 2.12. The molecule has 0 atom stereocenters. The fraction of sp³-hybridized carbons (Fsp3) is 0.0667. The summed E-state index contributed by atoms with van der Waals surface area (Å²) in [5.41, 5.74) is 1.27. The Labute approximate surface area is 127 Å². The lowest BCUT2D eigenvalue weighted by Gasteiger charge is -1.96. The second kappa shape index (κ2) is 5.98. The Balaban J connectivity index is 1.75. The third kappa shape index (κ3) is 3.50. The van der Waals surface area contributed by atoms with E-state index in [4.69, 9.17) is 9.47 Å². The molecule has 2 aromatic carbocycles. The molecular formula is C15H12N2O4S. The summed E-state index contributed by atoms with van der Waals surface area (Å²) in [4.78, 5) is 0. The minimum atomic E-state index is -3.93. The van der Waals surface area contributed by atoms with Crippen LogP contribution < -0.4 is 9.47 Å². The second-order valence-corrected chi connectivity index (χ2v) is 5.76. The molecule has 0 spiro atoms. The minimum Gasteiger partial charge on any atom is -0.454 e. The predicted octanol–water partition coefficient (Wildman–Crippen LogP) is 2.20. The van der Waals surface area contributed by atoms with Crippen molar-refractivity contribution in [2.45, 2.75) is 0 Å². The highest BCUT2D eigenvalue weighted by atomic mass is 32.2. The van der Waals surface area contributed by atoms with Crippen LogP contribution >= 0.6 is 0 Å². The molecule has 0 fully saturated rings. The van der Waals surface area contributed by atoms with Crippen LogP contribution in [0.5, 0.6) is 11.5 Å². The monoisotopic (exact) mass is 316 g/mol. The lowest BCUT2D eigenvalue weighted by Crippen LogP contribution is -1.94. The number of fused-ring (bicyclic) bond motifs is 1. The van der Waals surface area contributed by atoms with Gasteiger partial charge in [0, 0.05) is 12.4 Å². The van der Waals surface area contributed by atoms with Crippen molar-refractivity contribution < 1.29 is 17.9 Å². The Hall–Kier alpha value is -2.67. The molecule has 0 unspecified atom stereocenters. The molecule has 0 saturated carbocycles. The standard InChI is InChI=1S/C15H12N2O4S/c18-22(19,16-9-12-4-2-1-3-5-12)17-10-13-6-7-14-15(8-13)21-11-20-14/h1-10H,11H2/b16-9+,17-10+. The first-order valence-electron chi connectivity index (χ1n) is 6.43. The Bertz CT molecular complexity index is 830. The number of nitrogens with zero attached hydrogens (tertiary/aromatic N) is 2. The maximum atomic E-state index is 11.8. The van der Waals surface area contributed by atoms with E-state index in [2.05, 4.69) is 8.80 Å². The van der Waals surface area contributed by atoms with E-state index < -0.39 is 10.2 Å². The highest BCUT2D eigenvalue weighted by molar-refractivity contribution is 7.89. The Morgan fingerprint density at radius 2 is 1.55 bits per heavy atom. The third-order valence-electron chi connectivity index (χ3n) is 2.87. The lowest BCUT2D eigenvalue weighted by atomic mass is 10.2. The van der Waals surface area contributed by atoms with Crippen LogP contribution in [0.2, 0.25) is 0 Å². The van der Waals surface area contributed by atoms with Crippen molar-refractivity contribution in [2.75, 3.05) is 6.79 Å². The van der Waals surface area contributed by atoms with Gasteiger partial charge in [0.15, 0.2) is 11.5 Å². The van der Waals surface area contributed by atoms with Gasteiger partial charge in [-0.3, -0.25) is 0 Å². The van der Waals surface area contributed by atoms with E-state index in [9.17, 15) is 8.42 Å². The van der Waals surface area contributed by atoms with Gasteiger partial charge in [-0.2, -0.15) is 17.2 Å². The molecule has 1 aliphatic heterocycles. The summed E-state index contributed by atoms with van der Waals surface area (Å²) < 4.78 is 40.9. The Morgan fingerprint density at radius 3 is 2.32 bits per heavy atom. The zero-order valence-corrected chi connectivity index (χ0v) is 12.2. The summed E-state index contributed by atoms with van der Waals surface area (Å²) in [7, 11) is -3.93. The normalized spacial score (nSPS) is 14.0. The predicted molar refractivity (Wildman–Crippen MR) is 83.1 cm³/mol. The van der Waals surface area contributed by atoms with Gasteiger partial charge in [0.2, 0.25) is 6.79 Å². The molecule has 112 valence electrons. The molecule has 0 aromatic heterocycles. The van der Waals surface area contributed by atoms with E-state index in [1.807, 2.05) is 6.07 Å². The first-order valence-corrected chi connectivity index (χ1v) is 7.82. The number of ether oxygens (including phenoxy) is 2. The van der Waals surface area contributed by atoms with E-state index >= 15 is 0 Å². The number of hydrogen-bond acceptors (Lipinski definition) is 4. The van der Waals surface area contributed by atoms with Crippen LogP contribution in [-0.4, -0.2) is 27.6 Å². The van der Waals surface area contributed by atoms with E-state index in [-0.39, 0.29) is 6.79 Å². The van der Waals surface area contributed by atoms with Crippen molar-refractivity contribution in [3.05, 3.63) is 59.7 Å². The highest BCUT2D eigenvalue weighted by Crippen LogP contribution is 2.32. The van der Waals surface area contributed by atoms with E-state index in [0.29, 0.717) is 22.6 Å². The maximum Gasteiger partial charge on any atom is 0.362 e. The summed E-state index contributed by atoms with van der Waals surface area (Å²) in [6.45, 7) is 0.162. The molecule has 0 aliphatic carbocycles. The summed E-state index contributed by atoms with van der Waals surface area (Å²) in [6.07, 6.45) is 2.48. The summed E-state index contributed by atoms with van der Waals surface area (Å²) in [5.74, 6) is 1.19. The van der Waals surface area contributed by atoms with Crippen molar-refractivity contribution in [3.63, 3.8) is 0 Å². The zero-order valence-electron chi connectivity index (χ0n) is 11.4. The SMILES string of the molecule is O=S(=O)(/N=C/c1ccccc1)/N=C/c1ccc2c(c1)OCO2. The maximum absolute atomic E-state index is 11.8. The van der Waals surface area contributed by atoms with Gasteiger partial charge in [-0.05, 0) is 29.3 Å². The third-order valence-corrected chi connectivity index (χ3v) is 3.61. The summed E-state index contributed by atoms with van der Waals surface area (Å²) in [6, 6.07) is 14.0. The van der Waals surface area contributed by atoms with Crippen molar-refractivity contribution >= 4 is 22.6 Å². The van der Waals surface area contributed by atoms with Crippen LogP contribution in [0.3, 0.4) is 0 Å². The van der Waals surface area contributed by atoms with Crippen LogP contribution in [0.25, 0.3) is 0 Å². The number of benzene rings is 2. The molecule has 2 aromatic rings. The molecule has 7 heteroatoms. The fourth-order valence-corrected chi connectivity index (χ4v) is 2.38. The van der Waals surface area contributed by atoms with Crippen LogP contribution in [0.15, 0.2) is 57.3 Å². The van der Waals surface area contributed by atoms with Gasteiger partial charge in [0.05, 0.1) is 0 Å². The van der Waals surface area contributed by atoms with E-state index in [1.54, 1.807) is 42.5 Å². The zero-order chi connectivity index (χ0) is 15.4. The van der Waals surface area contributed by atoms with Crippen molar-refractivity contribution in [2.24, 2.45) is 8.80 Å².